The predicted molar refractivity (Wildman–Crippen MR) is 188 cm³/mol. The lowest BCUT2D eigenvalue weighted by atomic mass is 9.98. The molecule has 0 spiro atoms. The van der Waals surface area contributed by atoms with E-state index in [1.54, 1.807) is 30.3 Å². The molecule has 278 valence electrons. The molecule has 5 amide bonds. The first-order valence-corrected chi connectivity index (χ1v) is 17.6. The summed E-state index contributed by atoms with van der Waals surface area (Å²) >= 11 is 0. The number of nitrogens with zero attached hydrogens (tertiary/aromatic N) is 3. The first-order chi connectivity index (χ1) is 25.2. The molecule has 0 saturated carbocycles. The van der Waals surface area contributed by atoms with Crippen LogP contribution in [0.1, 0.15) is 69.5 Å². The quantitative estimate of drug-likeness (QED) is 0.103. The van der Waals surface area contributed by atoms with Gasteiger partial charge in [0.15, 0.2) is 0 Å². The number of carbonyl (C=O) groups is 5. The molecule has 2 saturated heterocycles. The lowest BCUT2D eigenvalue weighted by Crippen LogP contribution is -2.54. The van der Waals surface area contributed by atoms with Crippen LogP contribution in [0.4, 0.5) is 5.69 Å². The number of aromatic amines is 1. The van der Waals surface area contributed by atoms with Gasteiger partial charge in [-0.1, -0.05) is 12.1 Å². The zero-order valence-electron chi connectivity index (χ0n) is 29.2. The number of benzene rings is 2. The van der Waals surface area contributed by atoms with Gasteiger partial charge >= 0.3 is 0 Å². The van der Waals surface area contributed by atoms with Crippen LogP contribution in [0.15, 0.2) is 36.4 Å². The molecule has 2 aromatic carbocycles. The number of rotatable bonds is 19. The summed E-state index contributed by atoms with van der Waals surface area (Å²) in [7, 11) is 0. The lowest BCUT2D eigenvalue weighted by Gasteiger charge is -2.33. The van der Waals surface area contributed by atoms with Gasteiger partial charge in [-0.2, -0.15) is 0 Å². The molecule has 1 unspecified atom stereocenters. The third kappa shape index (κ3) is 8.00. The molecule has 16 nitrogen and oxygen atoms in total. The maximum atomic E-state index is 13.2. The van der Waals surface area contributed by atoms with Gasteiger partial charge in [0.05, 0.1) is 80.6 Å². The molecule has 3 aliphatic rings. The Morgan fingerprint density at radius 2 is 1.63 bits per heavy atom. The van der Waals surface area contributed by atoms with Gasteiger partial charge < -0.3 is 35.0 Å². The van der Waals surface area contributed by atoms with E-state index >= 15 is 0 Å². The van der Waals surface area contributed by atoms with Gasteiger partial charge in [-0.25, -0.2) is 4.98 Å². The SMILES string of the molecule is C[C@]1(c2nc3c(C(N)=O)cccc3[nH]2)CCCN1CCOCCOCCOCCOCCNc1cccc2c1C(=O)N(C1CCC(=O)NC1=O)C2=O. The van der Waals surface area contributed by atoms with Crippen molar-refractivity contribution in [3.8, 4) is 0 Å². The van der Waals surface area contributed by atoms with Crippen LogP contribution in [0.3, 0.4) is 0 Å². The Labute approximate surface area is 300 Å². The van der Waals surface area contributed by atoms with Crippen LogP contribution in [0, 0.1) is 0 Å². The van der Waals surface area contributed by atoms with Crippen molar-refractivity contribution in [2.75, 3.05) is 77.8 Å². The molecule has 16 heteroatoms. The minimum Gasteiger partial charge on any atom is -0.382 e. The molecule has 3 aliphatic heterocycles. The smallest absolute Gasteiger partial charge is 0.264 e. The summed E-state index contributed by atoms with van der Waals surface area (Å²) in [5.74, 6) is -1.84. The number of hydrogen-bond acceptors (Lipinski definition) is 12. The second kappa shape index (κ2) is 16.7. The van der Waals surface area contributed by atoms with E-state index in [-0.39, 0.29) is 29.5 Å². The molecule has 2 atom stereocenters. The average Bonchev–Trinajstić information content (AvgIpc) is 3.81. The van der Waals surface area contributed by atoms with Crippen LogP contribution in [-0.4, -0.2) is 128 Å². The highest BCUT2D eigenvalue weighted by Gasteiger charge is 2.45. The molecular weight excluding hydrogens is 674 g/mol. The van der Waals surface area contributed by atoms with E-state index in [4.69, 9.17) is 29.7 Å². The van der Waals surface area contributed by atoms with E-state index in [1.165, 1.54) is 0 Å². The van der Waals surface area contributed by atoms with Crippen LogP contribution < -0.4 is 16.4 Å². The molecule has 0 bridgehead atoms. The minimum atomic E-state index is -1.01. The van der Waals surface area contributed by atoms with Gasteiger partial charge in [-0.3, -0.25) is 39.1 Å². The number of hydrogen-bond donors (Lipinski definition) is 4. The Morgan fingerprint density at radius 3 is 2.35 bits per heavy atom. The van der Waals surface area contributed by atoms with Crippen molar-refractivity contribution >= 4 is 46.3 Å². The number of aromatic nitrogens is 2. The highest BCUT2D eigenvalue weighted by atomic mass is 16.6. The van der Waals surface area contributed by atoms with Crippen LogP contribution in [0.2, 0.25) is 0 Å². The van der Waals surface area contributed by atoms with E-state index in [9.17, 15) is 24.0 Å². The fourth-order valence-electron chi connectivity index (χ4n) is 6.99. The zero-order valence-corrected chi connectivity index (χ0v) is 29.2. The van der Waals surface area contributed by atoms with Crippen molar-refractivity contribution in [3.63, 3.8) is 0 Å². The van der Waals surface area contributed by atoms with E-state index in [0.29, 0.717) is 76.2 Å². The number of primary amides is 1. The number of ether oxygens (including phenoxy) is 4. The first kappa shape index (κ1) is 37.0. The summed E-state index contributed by atoms with van der Waals surface area (Å²) in [6, 6.07) is 9.31. The number of para-hydroxylation sites is 1. The van der Waals surface area contributed by atoms with E-state index in [0.717, 1.165) is 42.2 Å². The highest BCUT2D eigenvalue weighted by molar-refractivity contribution is 6.25. The number of nitrogens with one attached hydrogen (secondary N) is 3. The van der Waals surface area contributed by atoms with Crippen molar-refractivity contribution in [3.05, 3.63) is 58.9 Å². The largest absolute Gasteiger partial charge is 0.382 e. The maximum absolute atomic E-state index is 13.2. The normalized spacial score (nSPS) is 20.6. The molecule has 52 heavy (non-hydrogen) atoms. The Morgan fingerprint density at radius 1 is 0.942 bits per heavy atom. The minimum absolute atomic E-state index is 0.0644. The fraction of sp³-hybridized carbons (Fsp3) is 0.500. The second-order valence-electron chi connectivity index (χ2n) is 13.1. The summed E-state index contributed by atoms with van der Waals surface area (Å²) in [5.41, 5.74) is 7.98. The molecule has 1 aromatic heterocycles. The van der Waals surface area contributed by atoms with Crippen molar-refractivity contribution < 1.29 is 42.9 Å². The number of nitrogens with two attached hydrogens (primary N) is 1. The Hall–Kier alpha value is -4.74. The molecular formula is C36H45N7O9. The average molecular weight is 720 g/mol. The molecule has 3 aromatic rings. The van der Waals surface area contributed by atoms with Crippen molar-refractivity contribution in [1.82, 2.24) is 25.1 Å². The van der Waals surface area contributed by atoms with Crippen molar-refractivity contribution in [2.45, 2.75) is 44.2 Å². The predicted octanol–water partition coefficient (Wildman–Crippen LogP) is 1.55. The summed E-state index contributed by atoms with van der Waals surface area (Å²) < 4.78 is 22.7. The zero-order chi connectivity index (χ0) is 36.7. The number of amides is 5. The molecule has 0 aliphatic carbocycles. The van der Waals surface area contributed by atoms with Crippen LogP contribution in [0.25, 0.3) is 11.0 Å². The van der Waals surface area contributed by atoms with Crippen molar-refractivity contribution in [1.29, 1.82) is 0 Å². The van der Waals surface area contributed by atoms with Crippen LogP contribution in [-0.2, 0) is 34.1 Å². The number of H-pyrrole nitrogens is 1. The van der Waals surface area contributed by atoms with E-state index in [2.05, 4.69) is 27.4 Å². The molecule has 2 fully saturated rings. The topological polar surface area (TPSA) is 208 Å². The third-order valence-electron chi connectivity index (χ3n) is 9.73. The number of likely N-dealkylation sites (tertiary alicyclic amines) is 1. The number of carbonyl (C=O) groups excluding carboxylic acids is 5. The van der Waals surface area contributed by atoms with Crippen LogP contribution >= 0.6 is 0 Å². The van der Waals surface area contributed by atoms with Gasteiger partial charge in [0.2, 0.25) is 11.8 Å². The molecule has 4 heterocycles. The van der Waals surface area contributed by atoms with Gasteiger partial charge in [0.1, 0.15) is 17.4 Å². The Balaban J connectivity index is 0.803. The standard InChI is InChI=1S/C36H45N7O9/c1-36(35-39-26-8-3-6-24(31(37)45)30(26)41-35)11-4-13-42(36)14-16-50-18-20-52-22-21-51-19-17-49-15-12-38-25-7-2-5-23-29(25)34(48)43(33(23)47)27-9-10-28(44)40-32(27)46/h2-3,5-8,27,38H,4,9-22H2,1H3,(H2,37,45)(H,39,41)(H,40,44,46)/t27?,36-/m1/s1. The number of imide groups is 2. The Bertz CT molecular complexity index is 1810. The Kier molecular flexibility index (Phi) is 11.9. The molecule has 0 radical (unpaired) electrons. The fourth-order valence-corrected chi connectivity index (χ4v) is 6.99. The monoisotopic (exact) mass is 719 g/mol. The lowest BCUT2D eigenvalue weighted by molar-refractivity contribution is -0.136. The second-order valence-corrected chi connectivity index (χ2v) is 13.1. The van der Waals surface area contributed by atoms with Crippen molar-refractivity contribution in [2.24, 2.45) is 5.73 Å². The van der Waals surface area contributed by atoms with Gasteiger partial charge in [0.25, 0.3) is 17.7 Å². The maximum Gasteiger partial charge on any atom is 0.264 e. The number of imidazole rings is 1. The summed E-state index contributed by atoms with van der Waals surface area (Å²) in [5, 5.41) is 5.34. The highest BCUT2D eigenvalue weighted by Crippen LogP contribution is 2.38. The van der Waals surface area contributed by atoms with Gasteiger partial charge in [-0.05, 0) is 57.0 Å². The van der Waals surface area contributed by atoms with E-state index < -0.39 is 35.6 Å². The van der Waals surface area contributed by atoms with Gasteiger partial charge in [0, 0.05) is 25.2 Å². The third-order valence-corrected chi connectivity index (χ3v) is 9.73. The number of fused-ring (bicyclic) bond motifs is 2. The summed E-state index contributed by atoms with van der Waals surface area (Å²) in [6.45, 7) is 7.62. The van der Waals surface area contributed by atoms with Crippen LogP contribution in [0.5, 0.6) is 0 Å². The number of anilines is 1. The van der Waals surface area contributed by atoms with E-state index in [1.807, 2.05) is 6.07 Å². The molecule has 6 rings (SSSR count). The first-order valence-electron chi connectivity index (χ1n) is 17.6. The summed E-state index contributed by atoms with van der Waals surface area (Å²) in [4.78, 5) is 73.4. The molecule has 5 N–H and O–H groups in total. The summed E-state index contributed by atoms with van der Waals surface area (Å²) in [6.07, 6.45) is 2.15. The van der Waals surface area contributed by atoms with Gasteiger partial charge in [-0.15, -0.1) is 0 Å². The number of piperidine rings is 1.